The number of primary amides is 1. The number of hydrogen-bond donors (Lipinski definition) is 2. The minimum atomic E-state index is -0.479. The number of aromatic amines is 1. The van der Waals surface area contributed by atoms with Gasteiger partial charge in [0.1, 0.15) is 0 Å². The molecule has 0 aliphatic carbocycles. The van der Waals surface area contributed by atoms with E-state index in [0.29, 0.717) is 40.0 Å². The molecule has 122 valence electrons. The standard InChI is InChI=1S/C19H17ClN2O2/c20-14-7-4-8-15-18(14)19(24)13(16(22-15)11-17(21)23)10-9-12-5-2-1-3-6-12/h1-8H,9-11H2,(H2,21,23)(H,22,24). The lowest BCUT2D eigenvalue weighted by atomic mass is 9.99. The van der Waals surface area contributed by atoms with Gasteiger partial charge in [-0.05, 0) is 30.5 Å². The van der Waals surface area contributed by atoms with Gasteiger partial charge in [-0.2, -0.15) is 0 Å². The molecule has 0 fully saturated rings. The van der Waals surface area contributed by atoms with Gasteiger partial charge in [-0.1, -0.05) is 48.0 Å². The number of hydrogen-bond acceptors (Lipinski definition) is 2. The number of amides is 1. The first-order valence-corrected chi connectivity index (χ1v) is 8.08. The van der Waals surface area contributed by atoms with Crippen LogP contribution >= 0.6 is 11.6 Å². The Morgan fingerprint density at radius 1 is 1.04 bits per heavy atom. The van der Waals surface area contributed by atoms with E-state index in [0.717, 1.165) is 5.56 Å². The number of aromatic nitrogens is 1. The van der Waals surface area contributed by atoms with Crippen LogP contribution in [0.2, 0.25) is 5.02 Å². The van der Waals surface area contributed by atoms with E-state index in [1.54, 1.807) is 18.2 Å². The monoisotopic (exact) mass is 340 g/mol. The van der Waals surface area contributed by atoms with Gasteiger partial charge < -0.3 is 10.7 Å². The van der Waals surface area contributed by atoms with Gasteiger partial charge in [-0.25, -0.2) is 0 Å². The summed E-state index contributed by atoms with van der Waals surface area (Å²) in [5.74, 6) is -0.479. The summed E-state index contributed by atoms with van der Waals surface area (Å²) in [4.78, 5) is 27.5. The molecule has 4 nitrogen and oxygen atoms in total. The Labute approximate surface area is 144 Å². The van der Waals surface area contributed by atoms with Gasteiger partial charge in [0.15, 0.2) is 5.43 Å². The number of benzene rings is 2. The highest BCUT2D eigenvalue weighted by Gasteiger charge is 2.15. The number of rotatable bonds is 5. The molecule has 0 aliphatic heterocycles. The number of carbonyl (C=O) groups excluding carboxylic acids is 1. The molecule has 0 saturated heterocycles. The van der Waals surface area contributed by atoms with Crippen molar-refractivity contribution in [2.24, 2.45) is 5.73 Å². The number of fused-ring (bicyclic) bond motifs is 1. The fraction of sp³-hybridized carbons (Fsp3) is 0.158. The van der Waals surface area contributed by atoms with Crippen LogP contribution in [0.25, 0.3) is 10.9 Å². The molecule has 3 rings (SSSR count). The van der Waals surface area contributed by atoms with Gasteiger partial charge in [0.25, 0.3) is 0 Å². The van der Waals surface area contributed by atoms with Crippen LogP contribution in [0, 0.1) is 0 Å². The second-order valence-electron chi connectivity index (χ2n) is 5.70. The molecule has 0 radical (unpaired) electrons. The van der Waals surface area contributed by atoms with Crippen molar-refractivity contribution in [1.82, 2.24) is 4.98 Å². The highest BCUT2D eigenvalue weighted by Crippen LogP contribution is 2.21. The molecule has 1 amide bonds. The van der Waals surface area contributed by atoms with E-state index in [4.69, 9.17) is 17.3 Å². The third kappa shape index (κ3) is 3.34. The molecule has 0 spiro atoms. The molecule has 3 N–H and O–H groups in total. The number of nitrogens with two attached hydrogens (primary N) is 1. The molecule has 2 aromatic carbocycles. The average Bonchev–Trinajstić information content (AvgIpc) is 2.55. The van der Waals surface area contributed by atoms with E-state index in [1.807, 2.05) is 30.3 Å². The molecule has 0 atom stereocenters. The van der Waals surface area contributed by atoms with E-state index in [2.05, 4.69) is 4.98 Å². The lowest BCUT2D eigenvalue weighted by Crippen LogP contribution is -2.21. The molecule has 5 heteroatoms. The number of carbonyl (C=O) groups is 1. The van der Waals surface area contributed by atoms with Gasteiger partial charge in [-0.15, -0.1) is 0 Å². The second kappa shape index (κ2) is 6.89. The van der Waals surface area contributed by atoms with Crippen molar-refractivity contribution in [2.75, 3.05) is 0 Å². The Bertz CT molecular complexity index is 949. The first kappa shape index (κ1) is 16.3. The smallest absolute Gasteiger partial charge is 0.223 e. The lowest BCUT2D eigenvalue weighted by molar-refractivity contribution is -0.117. The third-order valence-corrected chi connectivity index (χ3v) is 4.34. The second-order valence-corrected chi connectivity index (χ2v) is 6.11. The van der Waals surface area contributed by atoms with Gasteiger partial charge in [0, 0.05) is 11.3 Å². The highest BCUT2D eigenvalue weighted by molar-refractivity contribution is 6.35. The van der Waals surface area contributed by atoms with Crippen molar-refractivity contribution < 1.29 is 4.79 Å². The van der Waals surface area contributed by atoms with Crippen molar-refractivity contribution in [3.63, 3.8) is 0 Å². The Morgan fingerprint density at radius 2 is 1.79 bits per heavy atom. The highest BCUT2D eigenvalue weighted by atomic mass is 35.5. The molecular weight excluding hydrogens is 324 g/mol. The van der Waals surface area contributed by atoms with Crippen LogP contribution in [0.5, 0.6) is 0 Å². The maximum Gasteiger partial charge on any atom is 0.223 e. The van der Waals surface area contributed by atoms with Crippen molar-refractivity contribution >= 4 is 28.4 Å². The van der Waals surface area contributed by atoms with E-state index >= 15 is 0 Å². The summed E-state index contributed by atoms with van der Waals surface area (Å²) in [6.07, 6.45) is 1.22. The first-order valence-electron chi connectivity index (χ1n) is 7.70. The number of nitrogens with one attached hydrogen (secondary N) is 1. The van der Waals surface area contributed by atoms with Crippen LogP contribution in [0.1, 0.15) is 16.8 Å². The van der Waals surface area contributed by atoms with E-state index in [9.17, 15) is 9.59 Å². The normalized spacial score (nSPS) is 10.9. The fourth-order valence-corrected chi connectivity index (χ4v) is 3.15. The fourth-order valence-electron chi connectivity index (χ4n) is 2.89. The topological polar surface area (TPSA) is 76.0 Å². The summed E-state index contributed by atoms with van der Waals surface area (Å²) < 4.78 is 0. The van der Waals surface area contributed by atoms with Crippen LogP contribution in [-0.2, 0) is 24.1 Å². The zero-order valence-electron chi connectivity index (χ0n) is 13.0. The summed E-state index contributed by atoms with van der Waals surface area (Å²) in [5, 5.41) is 0.857. The van der Waals surface area contributed by atoms with Crippen molar-refractivity contribution in [3.8, 4) is 0 Å². The zero-order valence-corrected chi connectivity index (χ0v) is 13.8. The predicted molar refractivity (Wildman–Crippen MR) is 96.3 cm³/mol. The van der Waals surface area contributed by atoms with E-state index in [-0.39, 0.29) is 11.8 Å². The molecule has 0 aliphatic rings. The Balaban J connectivity index is 2.09. The lowest BCUT2D eigenvalue weighted by Gasteiger charge is -2.11. The Morgan fingerprint density at radius 3 is 2.50 bits per heavy atom. The SMILES string of the molecule is NC(=O)Cc1[nH]c2cccc(Cl)c2c(=O)c1CCc1ccccc1. The van der Waals surface area contributed by atoms with Crippen LogP contribution < -0.4 is 11.2 Å². The third-order valence-electron chi connectivity index (χ3n) is 4.02. The van der Waals surface area contributed by atoms with Gasteiger partial charge in [0.2, 0.25) is 5.91 Å². The summed E-state index contributed by atoms with van der Waals surface area (Å²) >= 11 is 6.20. The Hall–Kier alpha value is -2.59. The molecule has 0 saturated carbocycles. The van der Waals surface area contributed by atoms with E-state index in [1.165, 1.54) is 0 Å². The van der Waals surface area contributed by atoms with Crippen molar-refractivity contribution in [2.45, 2.75) is 19.3 Å². The van der Waals surface area contributed by atoms with Gasteiger partial charge in [0.05, 0.1) is 22.3 Å². The summed E-state index contributed by atoms with van der Waals surface area (Å²) in [7, 11) is 0. The number of halogens is 1. The van der Waals surface area contributed by atoms with Crippen LogP contribution in [0.3, 0.4) is 0 Å². The van der Waals surface area contributed by atoms with Gasteiger partial charge in [-0.3, -0.25) is 9.59 Å². The van der Waals surface area contributed by atoms with Crippen molar-refractivity contribution in [3.05, 3.63) is 80.6 Å². The zero-order chi connectivity index (χ0) is 17.1. The van der Waals surface area contributed by atoms with Crippen LogP contribution in [0.4, 0.5) is 0 Å². The first-order chi connectivity index (χ1) is 11.6. The predicted octanol–water partition coefficient (Wildman–Crippen LogP) is 2.99. The summed E-state index contributed by atoms with van der Waals surface area (Å²) in [6, 6.07) is 15.1. The minimum Gasteiger partial charge on any atom is -0.369 e. The summed E-state index contributed by atoms with van der Waals surface area (Å²) in [5.41, 5.74) is 8.08. The number of pyridine rings is 1. The molecule has 1 aromatic heterocycles. The molecule has 24 heavy (non-hydrogen) atoms. The average molecular weight is 341 g/mol. The molecule has 0 bridgehead atoms. The number of H-pyrrole nitrogens is 1. The molecule has 3 aromatic rings. The summed E-state index contributed by atoms with van der Waals surface area (Å²) in [6.45, 7) is 0. The van der Waals surface area contributed by atoms with Gasteiger partial charge >= 0.3 is 0 Å². The van der Waals surface area contributed by atoms with E-state index < -0.39 is 5.91 Å². The van der Waals surface area contributed by atoms with Crippen molar-refractivity contribution in [1.29, 1.82) is 0 Å². The maximum atomic E-state index is 12.9. The van der Waals surface area contributed by atoms with Crippen LogP contribution in [0.15, 0.2) is 53.3 Å². The largest absolute Gasteiger partial charge is 0.369 e. The Kier molecular flexibility index (Phi) is 4.67. The van der Waals surface area contributed by atoms with Crippen LogP contribution in [-0.4, -0.2) is 10.9 Å². The minimum absolute atomic E-state index is 0.00180. The number of aryl methyl sites for hydroxylation is 1. The molecular formula is C19H17ClN2O2. The molecule has 1 heterocycles. The molecule has 0 unspecified atom stereocenters. The maximum absolute atomic E-state index is 12.9. The quantitative estimate of drug-likeness (QED) is 0.749.